The number of carbonyl (C=O) groups excluding carboxylic acids is 1. The van der Waals surface area contributed by atoms with Crippen LogP contribution in [0.3, 0.4) is 0 Å². The number of cyclic esters (lactones) is 1. The van der Waals surface area contributed by atoms with E-state index in [1.54, 1.807) is 74.5 Å². The van der Waals surface area contributed by atoms with Crippen molar-refractivity contribution in [2.24, 2.45) is 0 Å². The van der Waals surface area contributed by atoms with E-state index in [9.17, 15) is 44.4 Å². The van der Waals surface area contributed by atoms with Crippen molar-refractivity contribution in [2.75, 3.05) is 0 Å². The molecule has 4 N–H and O–H groups in total. The second kappa shape index (κ2) is 12.6. The van der Waals surface area contributed by atoms with Gasteiger partial charge < -0.3 is 34.6 Å². The second-order valence-electron chi connectivity index (χ2n) is 11.4. The summed E-state index contributed by atoms with van der Waals surface area (Å²) in [6.07, 6.45) is 0. The van der Waals surface area contributed by atoms with Gasteiger partial charge in [-0.2, -0.15) is 0 Å². The summed E-state index contributed by atoms with van der Waals surface area (Å²) in [4.78, 5) is 59.6. The molecular weight excluding hydrogens is 648 g/mol. The summed E-state index contributed by atoms with van der Waals surface area (Å²) < 4.78 is 18.1. The molecule has 6 rings (SSSR count). The van der Waals surface area contributed by atoms with Gasteiger partial charge in [-0.25, -0.2) is 24.0 Å². The number of carboxylic acid groups (broad SMARTS) is 4. The number of ether oxygens (including phenoxy) is 3. The van der Waals surface area contributed by atoms with E-state index in [4.69, 9.17) is 14.2 Å². The molecule has 0 saturated heterocycles. The molecular formula is C38H26O12. The summed E-state index contributed by atoms with van der Waals surface area (Å²) in [7, 11) is 0. The van der Waals surface area contributed by atoms with Crippen molar-refractivity contribution in [1.29, 1.82) is 0 Å². The molecule has 5 aromatic carbocycles. The zero-order valence-corrected chi connectivity index (χ0v) is 26.3. The first-order chi connectivity index (χ1) is 23.8. The third kappa shape index (κ3) is 5.75. The molecule has 0 aliphatic carbocycles. The zero-order valence-electron chi connectivity index (χ0n) is 26.3. The Bertz CT molecular complexity index is 2140. The number of rotatable bonds is 10. The Morgan fingerprint density at radius 1 is 0.520 bits per heavy atom. The van der Waals surface area contributed by atoms with Gasteiger partial charge in [0.1, 0.15) is 23.0 Å². The van der Waals surface area contributed by atoms with Gasteiger partial charge in [0.25, 0.3) is 0 Å². The predicted molar refractivity (Wildman–Crippen MR) is 175 cm³/mol. The minimum Gasteiger partial charge on any atom is -0.478 e. The lowest BCUT2D eigenvalue weighted by atomic mass is 9.76. The molecule has 0 bridgehead atoms. The molecule has 12 heteroatoms. The lowest BCUT2D eigenvalue weighted by Gasteiger charge is -2.33. The van der Waals surface area contributed by atoms with Crippen molar-refractivity contribution in [3.63, 3.8) is 0 Å². The van der Waals surface area contributed by atoms with Gasteiger partial charge in [0.05, 0.1) is 27.8 Å². The Balaban J connectivity index is 1.40. The van der Waals surface area contributed by atoms with Crippen molar-refractivity contribution in [3.05, 3.63) is 153 Å². The van der Waals surface area contributed by atoms with Crippen molar-refractivity contribution in [3.8, 4) is 23.0 Å². The third-order valence-corrected chi connectivity index (χ3v) is 8.30. The van der Waals surface area contributed by atoms with Crippen LogP contribution in [0.5, 0.6) is 23.0 Å². The minimum atomic E-state index is -1.42. The van der Waals surface area contributed by atoms with Crippen molar-refractivity contribution < 1.29 is 58.6 Å². The average molecular weight is 675 g/mol. The van der Waals surface area contributed by atoms with Crippen LogP contribution in [0.25, 0.3) is 0 Å². The van der Waals surface area contributed by atoms with Crippen LogP contribution < -0.4 is 9.47 Å². The van der Waals surface area contributed by atoms with Gasteiger partial charge in [0.2, 0.25) is 0 Å². The number of carbonyl (C=O) groups is 5. The molecule has 1 heterocycles. The SMILES string of the molecule is Cc1cc(Oc2ccc(C(=O)O)c(C(=O)O)c2)ccc1C1(c2ccc(Oc3ccc(C(=O)O)c(C(=O)O)c3)cc2C)OC(=O)c2ccccc21. The van der Waals surface area contributed by atoms with Gasteiger partial charge in [-0.15, -0.1) is 0 Å². The molecule has 12 nitrogen and oxygen atoms in total. The number of carboxylic acids is 4. The molecule has 5 aromatic rings. The Kier molecular flexibility index (Phi) is 8.30. The molecule has 0 saturated carbocycles. The maximum atomic E-state index is 13.3. The van der Waals surface area contributed by atoms with Gasteiger partial charge in [-0.1, -0.05) is 30.3 Å². The summed E-state index contributed by atoms with van der Waals surface area (Å²) in [6, 6.07) is 24.3. The summed E-state index contributed by atoms with van der Waals surface area (Å²) in [5.74, 6) is -5.32. The lowest BCUT2D eigenvalue weighted by Crippen LogP contribution is -2.31. The second-order valence-corrected chi connectivity index (χ2v) is 11.4. The molecule has 1 aliphatic heterocycles. The number of aromatic carboxylic acids is 4. The smallest absolute Gasteiger partial charge is 0.340 e. The van der Waals surface area contributed by atoms with Gasteiger partial charge in [0.15, 0.2) is 5.60 Å². The average Bonchev–Trinajstić information content (AvgIpc) is 3.37. The first-order valence-corrected chi connectivity index (χ1v) is 14.9. The quantitative estimate of drug-likeness (QED) is 0.110. The van der Waals surface area contributed by atoms with E-state index in [1.807, 2.05) is 0 Å². The van der Waals surface area contributed by atoms with Crippen LogP contribution in [-0.4, -0.2) is 50.3 Å². The van der Waals surface area contributed by atoms with Crippen LogP contribution in [0.15, 0.2) is 97.1 Å². The first kappa shape index (κ1) is 33.0. The van der Waals surface area contributed by atoms with Crippen LogP contribution in [0, 0.1) is 13.8 Å². The molecule has 1 aliphatic rings. The Labute approximate surface area is 283 Å². The molecule has 0 fully saturated rings. The summed E-state index contributed by atoms with van der Waals surface area (Å²) in [5.41, 5.74) is 0.401. The van der Waals surface area contributed by atoms with E-state index >= 15 is 0 Å². The number of hydrogen-bond acceptors (Lipinski definition) is 8. The van der Waals surface area contributed by atoms with Crippen LogP contribution in [-0.2, 0) is 10.3 Å². The van der Waals surface area contributed by atoms with E-state index in [2.05, 4.69) is 0 Å². The first-order valence-electron chi connectivity index (χ1n) is 14.9. The molecule has 0 aromatic heterocycles. The number of esters is 1. The van der Waals surface area contributed by atoms with Crippen LogP contribution in [0.2, 0.25) is 0 Å². The fourth-order valence-electron chi connectivity index (χ4n) is 6.12. The minimum absolute atomic E-state index is 0.103. The predicted octanol–water partition coefficient (Wildman–Crippen LogP) is 7.14. The summed E-state index contributed by atoms with van der Waals surface area (Å²) >= 11 is 0. The fourth-order valence-corrected chi connectivity index (χ4v) is 6.12. The fraction of sp³-hybridized carbons (Fsp3) is 0.0789. The van der Waals surface area contributed by atoms with Gasteiger partial charge in [-0.05, 0) is 91.7 Å². The van der Waals surface area contributed by atoms with Crippen molar-refractivity contribution in [1.82, 2.24) is 0 Å². The highest BCUT2D eigenvalue weighted by molar-refractivity contribution is 6.03. The number of fused-ring (bicyclic) bond motifs is 1. The summed E-state index contributed by atoms with van der Waals surface area (Å²) in [6.45, 7) is 3.59. The molecule has 0 atom stereocenters. The van der Waals surface area contributed by atoms with Crippen LogP contribution >= 0.6 is 0 Å². The van der Waals surface area contributed by atoms with E-state index < -0.39 is 46.6 Å². The highest BCUT2D eigenvalue weighted by Crippen LogP contribution is 2.50. The zero-order chi connectivity index (χ0) is 35.9. The lowest BCUT2D eigenvalue weighted by molar-refractivity contribution is 0.0247. The number of benzene rings is 5. The maximum Gasteiger partial charge on any atom is 0.340 e. The highest BCUT2D eigenvalue weighted by atomic mass is 16.6. The largest absolute Gasteiger partial charge is 0.478 e. The third-order valence-electron chi connectivity index (χ3n) is 8.30. The van der Waals surface area contributed by atoms with Gasteiger partial charge in [0, 0.05) is 16.7 Å². The molecule has 0 radical (unpaired) electrons. The van der Waals surface area contributed by atoms with Gasteiger partial charge in [-0.3, -0.25) is 0 Å². The van der Waals surface area contributed by atoms with Crippen molar-refractivity contribution >= 4 is 29.8 Å². The number of aryl methyl sites for hydroxylation is 2. The molecule has 0 amide bonds. The normalized spacial score (nSPS) is 12.8. The highest BCUT2D eigenvalue weighted by Gasteiger charge is 2.50. The monoisotopic (exact) mass is 674 g/mol. The topological polar surface area (TPSA) is 194 Å². The maximum absolute atomic E-state index is 13.3. The molecule has 250 valence electrons. The van der Waals surface area contributed by atoms with Crippen molar-refractivity contribution in [2.45, 2.75) is 19.4 Å². The molecule has 0 unspecified atom stereocenters. The van der Waals surface area contributed by atoms with Crippen LogP contribution in [0.4, 0.5) is 0 Å². The Morgan fingerprint density at radius 2 is 0.920 bits per heavy atom. The Hall–Kier alpha value is -6.95. The van der Waals surface area contributed by atoms with Gasteiger partial charge >= 0.3 is 29.8 Å². The molecule has 50 heavy (non-hydrogen) atoms. The van der Waals surface area contributed by atoms with Crippen LogP contribution in [0.1, 0.15) is 79.6 Å². The Morgan fingerprint density at radius 3 is 1.34 bits per heavy atom. The van der Waals surface area contributed by atoms with E-state index in [1.165, 1.54) is 12.1 Å². The summed E-state index contributed by atoms with van der Waals surface area (Å²) in [5, 5.41) is 37.7. The number of hydrogen-bond donors (Lipinski definition) is 4. The standard InChI is InChI=1S/C38H26O12/c1-19-15-21(48-23-7-11-25(33(39)40)28(17-23)35(43)44)9-13-30(19)38(32-6-4-3-5-27(32)37(47)50-38)31-14-10-22(16-20(31)2)49-24-8-12-26(34(41)42)29(18-24)36(45)46/h3-18H,1-2H3,(H,39,40)(H,41,42)(H,43,44)(H,45,46). The molecule has 0 spiro atoms. The van der Waals surface area contributed by atoms with E-state index in [0.29, 0.717) is 44.9 Å². The van der Waals surface area contributed by atoms with E-state index in [0.717, 1.165) is 24.3 Å². The van der Waals surface area contributed by atoms with E-state index in [-0.39, 0.29) is 22.6 Å².